The zero-order chi connectivity index (χ0) is 15.6. The number of nitro groups is 1. The fourth-order valence-electron chi connectivity index (χ4n) is 1.90. The maximum absolute atomic E-state index is 11.1. The van der Waals surface area contributed by atoms with E-state index in [9.17, 15) is 20.0 Å². The molecule has 21 heavy (non-hydrogen) atoms. The Labute approximate surface area is 128 Å². The van der Waals surface area contributed by atoms with Crippen LogP contribution in [-0.4, -0.2) is 35.4 Å². The van der Waals surface area contributed by atoms with E-state index < -0.39 is 23.2 Å². The van der Waals surface area contributed by atoms with Crippen LogP contribution in [0.25, 0.3) is 0 Å². The number of benzene rings is 1. The first-order valence-electron chi connectivity index (χ1n) is 6.11. The number of alkyl carbamates (subject to hydrolysis) is 1. The maximum Gasteiger partial charge on any atom is 0.407 e. The predicted molar refractivity (Wildman–Crippen MR) is 75.2 cm³/mol. The first kappa shape index (κ1) is 15.5. The van der Waals surface area contributed by atoms with Crippen molar-refractivity contribution >= 4 is 27.7 Å². The average molecular weight is 361 g/mol. The zero-order valence-corrected chi connectivity index (χ0v) is 12.6. The van der Waals surface area contributed by atoms with E-state index in [1.807, 2.05) is 0 Å². The van der Waals surface area contributed by atoms with Crippen molar-refractivity contribution in [1.82, 2.24) is 5.32 Å². The van der Waals surface area contributed by atoms with Gasteiger partial charge in [0.25, 0.3) is 0 Å². The second-order valence-corrected chi connectivity index (χ2v) is 5.41. The predicted octanol–water partition coefficient (Wildman–Crippen LogP) is 1.90. The molecule has 1 aliphatic rings. The zero-order valence-electron chi connectivity index (χ0n) is 11.0. The van der Waals surface area contributed by atoms with Gasteiger partial charge in [-0.05, 0) is 13.0 Å². The van der Waals surface area contributed by atoms with Crippen molar-refractivity contribution in [2.75, 3.05) is 13.2 Å². The van der Waals surface area contributed by atoms with Crippen LogP contribution in [0.2, 0.25) is 0 Å². The van der Waals surface area contributed by atoms with E-state index in [-0.39, 0.29) is 30.2 Å². The highest BCUT2D eigenvalue weighted by Gasteiger charge is 2.27. The largest absolute Gasteiger partial charge is 0.483 e. The Kier molecular flexibility index (Phi) is 4.63. The van der Waals surface area contributed by atoms with Crippen LogP contribution < -0.4 is 10.1 Å². The van der Waals surface area contributed by atoms with E-state index in [2.05, 4.69) is 21.2 Å². The van der Waals surface area contributed by atoms with Gasteiger partial charge in [-0.25, -0.2) is 4.79 Å². The second kappa shape index (κ2) is 6.27. The van der Waals surface area contributed by atoms with Crippen molar-refractivity contribution in [3.63, 3.8) is 0 Å². The van der Waals surface area contributed by atoms with Crippen molar-refractivity contribution in [3.05, 3.63) is 32.3 Å². The van der Waals surface area contributed by atoms with Crippen LogP contribution in [0.15, 0.2) is 16.6 Å². The summed E-state index contributed by atoms with van der Waals surface area (Å²) in [5.74, 6) is -0.0267. The number of hydrogen-bond acceptors (Lipinski definition) is 6. The summed E-state index contributed by atoms with van der Waals surface area (Å²) in [6, 6.07) is 2.84. The van der Waals surface area contributed by atoms with Gasteiger partial charge in [0.2, 0.25) is 5.75 Å². The SMILES string of the molecule is C[C@@H](O)c1cc(Br)cc([N+](=O)[O-])c1OCC1CNC(=O)O1. The lowest BCUT2D eigenvalue weighted by Gasteiger charge is -2.16. The van der Waals surface area contributed by atoms with Crippen LogP contribution in [0.5, 0.6) is 5.75 Å². The van der Waals surface area contributed by atoms with Gasteiger partial charge in [0.1, 0.15) is 6.61 Å². The van der Waals surface area contributed by atoms with Gasteiger partial charge in [0.05, 0.1) is 17.6 Å². The molecule has 1 aliphatic heterocycles. The summed E-state index contributed by atoms with van der Waals surface area (Å²) in [6.07, 6.45) is -2.02. The fraction of sp³-hybridized carbons (Fsp3) is 0.417. The minimum Gasteiger partial charge on any atom is -0.483 e. The molecule has 1 unspecified atom stereocenters. The topological polar surface area (TPSA) is 111 Å². The number of cyclic esters (lactones) is 1. The third kappa shape index (κ3) is 3.61. The summed E-state index contributed by atoms with van der Waals surface area (Å²) in [4.78, 5) is 21.4. The van der Waals surface area contributed by atoms with Gasteiger partial charge in [-0.3, -0.25) is 10.1 Å². The van der Waals surface area contributed by atoms with Crippen LogP contribution in [-0.2, 0) is 4.74 Å². The molecule has 1 saturated heterocycles. The first-order chi connectivity index (χ1) is 9.88. The Morgan fingerprint density at radius 3 is 2.90 bits per heavy atom. The fourth-order valence-corrected chi connectivity index (χ4v) is 2.37. The number of nitro benzene ring substituents is 1. The van der Waals surface area contributed by atoms with Crippen LogP contribution in [0.4, 0.5) is 10.5 Å². The smallest absolute Gasteiger partial charge is 0.407 e. The summed E-state index contributed by atoms with van der Waals surface area (Å²) >= 11 is 3.16. The highest BCUT2D eigenvalue weighted by Crippen LogP contribution is 2.38. The van der Waals surface area contributed by atoms with Gasteiger partial charge in [0.15, 0.2) is 6.10 Å². The number of carbonyl (C=O) groups excluding carboxylic acids is 1. The highest BCUT2D eigenvalue weighted by atomic mass is 79.9. The molecular weight excluding hydrogens is 348 g/mol. The Morgan fingerprint density at radius 1 is 1.67 bits per heavy atom. The van der Waals surface area contributed by atoms with E-state index >= 15 is 0 Å². The van der Waals surface area contributed by atoms with Gasteiger partial charge in [-0.1, -0.05) is 15.9 Å². The highest BCUT2D eigenvalue weighted by molar-refractivity contribution is 9.10. The number of halogens is 1. The molecule has 2 rings (SSSR count). The number of amides is 1. The van der Waals surface area contributed by atoms with E-state index in [0.717, 1.165) is 0 Å². The molecule has 0 aromatic heterocycles. The number of carbonyl (C=O) groups is 1. The summed E-state index contributed by atoms with van der Waals surface area (Å²) in [5, 5.41) is 23.3. The van der Waals surface area contributed by atoms with Crippen molar-refractivity contribution in [2.24, 2.45) is 0 Å². The summed E-state index contributed by atoms with van der Waals surface area (Å²) in [7, 11) is 0. The number of nitrogens with one attached hydrogen (secondary N) is 1. The normalized spacial score (nSPS) is 18.8. The molecule has 2 atom stereocenters. The third-order valence-electron chi connectivity index (χ3n) is 2.87. The standard InChI is InChI=1S/C12H13BrN2O6/c1-6(16)9-2-7(13)3-10(15(18)19)11(9)20-5-8-4-14-12(17)21-8/h2-3,6,8,16H,4-5H2,1H3,(H,14,17)/t6-,8?/m1/s1. The molecule has 1 heterocycles. The summed E-state index contributed by atoms with van der Waals surface area (Å²) < 4.78 is 10.8. The molecule has 9 heteroatoms. The van der Waals surface area contributed by atoms with Crippen molar-refractivity contribution < 1.29 is 24.3 Å². The molecular formula is C12H13BrN2O6. The van der Waals surface area contributed by atoms with E-state index in [1.165, 1.54) is 13.0 Å². The molecule has 0 saturated carbocycles. The van der Waals surface area contributed by atoms with E-state index in [4.69, 9.17) is 9.47 Å². The van der Waals surface area contributed by atoms with Crippen molar-refractivity contribution in [3.8, 4) is 5.75 Å². The summed E-state index contributed by atoms with van der Waals surface area (Å²) in [5.41, 5.74) is 0.0194. The molecule has 0 bridgehead atoms. The minimum absolute atomic E-state index is 0.0267. The van der Waals surface area contributed by atoms with E-state index in [0.29, 0.717) is 4.47 Å². The Balaban J connectivity index is 2.26. The van der Waals surface area contributed by atoms with Crippen LogP contribution in [0.1, 0.15) is 18.6 Å². The number of ether oxygens (including phenoxy) is 2. The van der Waals surface area contributed by atoms with Crippen LogP contribution >= 0.6 is 15.9 Å². The van der Waals surface area contributed by atoms with E-state index in [1.54, 1.807) is 6.07 Å². The average Bonchev–Trinajstić information content (AvgIpc) is 2.81. The quantitative estimate of drug-likeness (QED) is 0.612. The van der Waals surface area contributed by atoms with Crippen molar-refractivity contribution in [1.29, 1.82) is 0 Å². The Bertz CT molecular complexity index is 577. The Morgan fingerprint density at radius 2 is 2.38 bits per heavy atom. The molecule has 1 fully saturated rings. The number of rotatable bonds is 5. The molecule has 1 amide bonds. The molecule has 1 aromatic carbocycles. The van der Waals surface area contributed by atoms with Gasteiger partial charge >= 0.3 is 11.8 Å². The maximum atomic E-state index is 11.1. The lowest BCUT2D eigenvalue weighted by Crippen LogP contribution is -2.22. The lowest BCUT2D eigenvalue weighted by atomic mass is 10.1. The molecule has 0 radical (unpaired) electrons. The molecule has 2 N–H and O–H groups in total. The minimum atomic E-state index is -0.944. The second-order valence-electron chi connectivity index (χ2n) is 4.50. The van der Waals surface area contributed by atoms with Crippen molar-refractivity contribution in [2.45, 2.75) is 19.1 Å². The third-order valence-corrected chi connectivity index (χ3v) is 3.33. The molecule has 8 nitrogen and oxygen atoms in total. The van der Waals surface area contributed by atoms with Gasteiger partial charge in [-0.15, -0.1) is 0 Å². The van der Waals surface area contributed by atoms with Crippen LogP contribution in [0.3, 0.4) is 0 Å². The molecule has 0 spiro atoms. The summed E-state index contributed by atoms with van der Waals surface area (Å²) in [6.45, 7) is 1.71. The van der Waals surface area contributed by atoms with Gasteiger partial charge in [0, 0.05) is 16.1 Å². The van der Waals surface area contributed by atoms with Crippen LogP contribution in [0, 0.1) is 10.1 Å². The number of nitrogens with zero attached hydrogens (tertiary/aromatic N) is 1. The monoisotopic (exact) mass is 360 g/mol. The molecule has 114 valence electrons. The Hall–Kier alpha value is -1.87. The van der Waals surface area contributed by atoms with Gasteiger partial charge in [-0.2, -0.15) is 0 Å². The molecule has 0 aliphatic carbocycles. The number of hydrogen-bond donors (Lipinski definition) is 2. The van der Waals surface area contributed by atoms with Gasteiger partial charge < -0.3 is 19.9 Å². The molecule has 1 aromatic rings. The lowest BCUT2D eigenvalue weighted by molar-refractivity contribution is -0.386. The first-order valence-corrected chi connectivity index (χ1v) is 6.91. The number of aliphatic hydroxyl groups excluding tert-OH is 1. The number of aliphatic hydroxyl groups is 1.